The van der Waals surface area contributed by atoms with Gasteiger partial charge >= 0.3 is 0 Å². The summed E-state index contributed by atoms with van der Waals surface area (Å²) in [5, 5.41) is 11.5. The Labute approximate surface area is 112 Å². The van der Waals surface area contributed by atoms with E-state index in [1.807, 2.05) is 24.4 Å². The van der Waals surface area contributed by atoms with Crippen LogP contribution in [0.25, 0.3) is 5.65 Å². The Morgan fingerprint density at radius 3 is 3.05 bits per heavy atom. The van der Waals surface area contributed by atoms with Crippen molar-refractivity contribution in [2.24, 2.45) is 0 Å². The van der Waals surface area contributed by atoms with E-state index in [4.69, 9.17) is 0 Å². The van der Waals surface area contributed by atoms with Gasteiger partial charge in [-0.2, -0.15) is 0 Å². The van der Waals surface area contributed by atoms with Crippen LogP contribution in [0.1, 0.15) is 0 Å². The van der Waals surface area contributed by atoms with Gasteiger partial charge < -0.3 is 5.32 Å². The number of pyridine rings is 1. The number of rotatable bonds is 3. The molecule has 3 rings (SSSR count). The molecule has 0 atom stereocenters. The van der Waals surface area contributed by atoms with Gasteiger partial charge in [0.25, 0.3) is 0 Å². The Kier molecular flexibility index (Phi) is 3.00. The Balaban J connectivity index is 2.01. The van der Waals surface area contributed by atoms with Gasteiger partial charge in [0.2, 0.25) is 11.1 Å². The number of hydrogen-bond donors (Lipinski definition) is 1. The Morgan fingerprint density at radius 1 is 1.32 bits per heavy atom. The Bertz CT molecular complexity index is 728. The summed E-state index contributed by atoms with van der Waals surface area (Å²) in [5.41, 5.74) is 0.702. The van der Waals surface area contributed by atoms with Gasteiger partial charge in [0.05, 0.1) is 6.20 Å². The minimum atomic E-state index is -0.489. The predicted molar refractivity (Wildman–Crippen MR) is 68.6 cm³/mol. The molecular formula is C11H9FN6S. The van der Waals surface area contributed by atoms with E-state index in [0.29, 0.717) is 16.8 Å². The summed E-state index contributed by atoms with van der Waals surface area (Å²) >= 11 is 1.10. The second-order valence-electron chi connectivity index (χ2n) is 3.61. The molecule has 3 aromatic heterocycles. The fraction of sp³-hybridized carbons (Fsp3) is 0.0909. The fourth-order valence-electron chi connectivity index (χ4n) is 1.52. The van der Waals surface area contributed by atoms with Crippen molar-refractivity contribution in [2.45, 2.75) is 10.2 Å². The molecule has 1 N–H and O–H groups in total. The molecule has 0 spiro atoms. The minimum absolute atomic E-state index is 0.206. The van der Waals surface area contributed by atoms with Gasteiger partial charge in [-0.25, -0.2) is 14.4 Å². The average Bonchev–Trinajstić information content (AvgIpc) is 2.85. The fourth-order valence-corrected chi connectivity index (χ4v) is 2.31. The molecule has 0 amide bonds. The first-order valence-corrected chi connectivity index (χ1v) is 6.27. The van der Waals surface area contributed by atoms with Gasteiger partial charge in [-0.1, -0.05) is 6.07 Å². The molecule has 96 valence electrons. The molecule has 0 saturated carbocycles. The van der Waals surface area contributed by atoms with Gasteiger partial charge in [0.15, 0.2) is 11.5 Å². The maximum absolute atomic E-state index is 13.7. The summed E-state index contributed by atoms with van der Waals surface area (Å²) in [5.74, 6) is -0.130. The molecule has 3 heterocycles. The SMILES string of the molecule is CNc1ncc(F)c(Sc2nnc3ccccn23)n1. The smallest absolute Gasteiger partial charge is 0.223 e. The number of fused-ring (bicyclic) bond motifs is 1. The van der Waals surface area contributed by atoms with Crippen LogP contribution in [0.3, 0.4) is 0 Å². The summed E-state index contributed by atoms with van der Waals surface area (Å²) in [6, 6.07) is 5.55. The highest BCUT2D eigenvalue weighted by atomic mass is 32.2. The number of nitrogens with one attached hydrogen (secondary N) is 1. The van der Waals surface area contributed by atoms with Crippen molar-refractivity contribution in [3.63, 3.8) is 0 Å². The zero-order valence-corrected chi connectivity index (χ0v) is 10.7. The van der Waals surface area contributed by atoms with Crippen LogP contribution in [0.4, 0.5) is 10.3 Å². The molecule has 0 aliphatic heterocycles. The van der Waals surface area contributed by atoms with Gasteiger partial charge in [-0.05, 0) is 23.9 Å². The van der Waals surface area contributed by atoms with E-state index in [2.05, 4.69) is 25.5 Å². The van der Waals surface area contributed by atoms with Crippen LogP contribution < -0.4 is 5.32 Å². The predicted octanol–water partition coefficient (Wildman–Crippen LogP) is 1.85. The van der Waals surface area contributed by atoms with Crippen LogP contribution in [0.15, 0.2) is 40.8 Å². The van der Waals surface area contributed by atoms with Crippen LogP contribution in [0.5, 0.6) is 0 Å². The standard InChI is InChI=1S/C11H9FN6S/c1-13-10-14-6-7(12)9(15-10)19-11-17-16-8-4-2-3-5-18(8)11/h2-6H,1H3,(H,13,14,15). The first-order chi connectivity index (χ1) is 9.28. The Hall–Kier alpha value is -2.22. The number of aromatic nitrogens is 5. The minimum Gasteiger partial charge on any atom is -0.357 e. The van der Waals surface area contributed by atoms with Crippen LogP contribution in [0.2, 0.25) is 0 Å². The summed E-state index contributed by atoms with van der Waals surface area (Å²) in [4.78, 5) is 7.85. The van der Waals surface area contributed by atoms with Crippen molar-refractivity contribution < 1.29 is 4.39 Å². The van der Waals surface area contributed by atoms with Crippen molar-refractivity contribution >= 4 is 23.4 Å². The van der Waals surface area contributed by atoms with E-state index in [-0.39, 0.29) is 5.03 Å². The second kappa shape index (κ2) is 4.81. The maximum atomic E-state index is 13.7. The van der Waals surface area contributed by atoms with Gasteiger partial charge in [-0.3, -0.25) is 4.40 Å². The van der Waals surface area contributed by atoms with Crippen LogP contribution >= 0.6 is 11.8 Å². The van der Waals surface area contributed by atoms with E-state index in [1.54, 1.807) is 11.4 Å². The van der Waals surface area contributed by atoms with Crippen molar-refractivity contribution in [3.05, 3.63) is 36.4 Å². The number of nitrogens with zero attached hydrogens (tertiary/aromatic N) is 5. The highest BCUT2D eigenvalue weighted by Crippen LogP contribution is 2.27. The van der Waals surface area contributed by atoms with Crippen molar-refractivity contribution in [1.29, 1.82) is 0 Å². The Morgan fingerprint density at radius 2 is 2.21 bits per heavy atom. The third kappa shape index (κ3) is 2.22. The van der Waals surface area contributed by atoms with Crippen molar-refractivity contribution in [2.75, 3.05) is 12.4 Å². The van der Waals surface area contributed by atoms with Crippen LogP contribution in [0, 0.1) is 5.82 Å². The number of hydrogen-bond acceptors (Lipinski definition) is 6. The van der Waals surface area contributed by atoms with Gasteiger partial charge in [0, 0.05) is 13.2 Å². The molecule has 0 bridgehead atoms. The lowest BCUT2D eigenvalue weighted by Gasteiger charge is -2.03. The first-order valence-electron chi connectivity index (χ1n) is 5.46. The molecular weight excluding hydrogens is 267 g/mol. The maximum Gasteiger partial charge on any atom is 0.223 e. The molecule has 3 aromatic rings. The number of halogens is 1. The molecule has 6 nitrogen and oxygen atoms in total. The molecule has 8 heteroatoms. The quantitative estimate of drug-likeness (QED) is 0.736. The lowest BCUT2D eigenvalue weighted by Crippen LogP contribution is -1.99. The van der Waals surface area contributed by atoms with E-state index in [0.717, 1.165) is 18.0 Å². The normalized spacial score (nSPS) is 10.8. The third-order valence-electron chi connectivity index (χ3n) is 2.41. The molecule has 0 aromatic carbocycles. The highest BCUT2D eigenvalue weighted by Gasteiger charge is 2.12. The van der Waals surface area contributed by atoms with E-state index in [9.17, 15) is 4.39 Å². The first kappa shape index (κ1) is 11.8. The van der Waals surface area contributed by atoms with E-state index in [1.165, 1.54) is 0 Å². The molecule has 0 radical (unpaired) electrons. The average molecular weight is 276 g/mol. The van der Waals surface area contributed by atoms with E-state index >= 15 is 0 Å². The molecule has 0 aliphatic carbocycles. The summed E-state index contributed by atoms with van der Waals surface area (Å²) in [7, 11) is 1.67. The summed E-state index contributed by atoms with van der Waals surface area (Å²) < 4.78 is 15.4. The summed E-state index contributed by atoms with van der Waals surface area (Å²) in [6.45, 7) is 0. The monoisotopic (exact) mass is 276 g/mol. The lowest BCUT2D eigenvalue weighted by molar-refractivity contribution is 0.579. The molecule has 0 saturated heterocycles. The van der Waals surface area contributed by atoms with E-state index < -0.39 is 5.82 Å². The molecule has 0 aliphatic rings. The van der Waals surface area contributed by atoms with Crippen molar-refractivity contribution in [3.8, 4) is 0 Å². The molecule has 19 heavy (non-hydrogen) atoms. The topological polar surface area (TPSA) is 68.0 Å². The van der Waals surface area contributed by atoms with Crippen LogP contribution in [-0.2, 0) is 0 Å². The van der Waals surface area contributed by atoms with Gasteiger partial charge in [-0.15, -0.1) is 10.2 Å². The van der Waals surface area contributed by atoms with Gasteiger partial charge in [0.1, 0.15) is 5.03 Å². The molecule has 0 unspecified atom stereocenters. The number of anilines is 1. The third-order valence-corrected chi connectivity index (χ3v) is 3.35. The zero-order chi connectivity index (χ0) is 13.2. The lowest BCUT2D eigenvalue weighted by atomic mass is 10.5. The van der Waals surface area contributed by atoms with Crippen LogP contribution in [-0.4, -0.2) is 31.6 Å². The van der Waals surface area contributed by atoms with Crippen molar-refractivity contribution in [1.82, 2.24) is 24.6 Å². The molecule has 0 fully saturated rings. The highest BCUT2D eigenvalue weighted by molar-refractivity contribution is 7.99. The summed E-state index contributed by atoms with van der Waals surface area (Å²) in [6.07, 6.45) is 2.94. The second-order valence-corrected chi connectivity index (χ2v) is 4.57. The zero-order valence-electron chi connectivity index (χ0n) is 9.91. The largest absolute Gasteiger partial charge is 0.357 e.